The van der Waals surface area contributed by atoms with Gasteiger partial charge >= 0.3 is 0 Å². The lowest BCUT2D eigenvalue weighted by atomic mass is 9.86. The van der Waals surface area contributed by atoms with Crippen LogP contribution in [0.3, 0.4) is 0 Å². The number of hydrogen-bond donors (Lipinski definition) is 0. The molecule has 0 saturated carbocycles. The Labute approximate surface area is 198 Å². The van der Waals surface area contributed by atoms with E-state index in [4.69, 9.17) is 4.74 Å². The molecule has 5 nitrogen and oxygen atoms in total. The van der Waals surface area contributed by atoms with E-state index in [-0.39, 0.29) is 21.7 Å². The third kappa shape index (κ3) is 3.86. The highest BCUT2D eigenvalue weighted by atomic mass is 79.9. The molecule has 2 aromatic heterocycles. The molecular weight excluding hydrogens is 514 g/mol. The molecule has 0 radical (unpaired) electrons. The fourth-order valence-corrected chi connectivity index (χ4v) is 6.06. The van der Waals surface area contributed by atoms with Crippen LogP contribution in [0.2, 0.25) is 0 Å². The Kier molecular flexibility index (Phi) is 5.74. The van der Waals surface area contributed by atoms with Crippen LogP contribution < -0.4 is 0 Å². The number of sulfone groups is 1. The van der Waals surface area contributed by atoms with Crippen molar-refractivity contribution < 1.29 is 21.9 Å². The maximum atomic E-state index is 15.2. The summed E-state index contributed by atoms with van der Waals surface area (Å²) in [6.07, 6.45) is 3.96. The molecule has 0 aliphatic carbocycles. The van der Waals surface area contributed by atoms with Gasteiger partial charge in [0, 0.05) is 35.7 Å². The van der Waals surface area contributed by atoms with E-state index in [1.807, 2.05) is 0 Å². The summed E-state index contributed by atoms with van der Waals surface area (Å²) in [6.45, 7) is 1.03. The summed E-state index contributed by atoms with van der Waals surface area (Å²) in [5, 5.41) is 0.119. The van der Waals surface area contributed by atoms with E-state index in [1.165, 1.54) is 12.1 Å². The van der Waals surface area contributed by atoms with Crippen molar-refractivity contribution in [3.8, 4) is 0 Å². The van der Waals surface area contributed by atoms with Crippen LogP contribution >= 0.6 is 15.9 Å². The first-order valence-electron chi connectivity index (χ1n) is 10.6. The quantitative estimate of drug-likeness (QED) is 0.317. The molecule has 0 N–H and O–H groups in total. The molecule has 1 aliphatic rings. The molecule has 0 bridgehead atoms. The molecule has 172 valence electrons. The smallest absolute Gasteiger partial charge is 0.177 e. The largest absolute Gasteiger partial charge is 0.381 e. The number of fused-ring (bicyclic) bond motifs is 3. The van der Waals surface area contributed by atoms with Gasteiger partial charge in [-0.15, -0.1) is 0 Å². The zero-order chi connectivity index (χ0) is 23.3. The Morgan fingerprint density at radius 3 is 2.55 bits per heavy atom. The van der Waals surface area contributed by atoms with E-state index in [1.54, 1.807) is 35.0 Å². The second kappa shape index (κ2) is 8.45. The third-order valence-corrected chi connectivity index (χ3v) is 7.84. The van der Waals surface area contributed by atoms with Crippen LogP contribution in [0, 0.1) is 17.6 Å². The van der Waals surface area contributed by atoms with Crippen LogP contribution in [0.5, 0.6) is 0 Å². The minimum Gasteiger partial charge on any atom is -0.381 e. The van der Waals surface area contributed by atoms with Crippen LogP contribution in [0.25, 0.3) is 21.9 Å². The van der Waals surface area contributed by atoms with Crippen LogP contribution in [-0.4, -0.2) is 37.4 Å². The van der Waals surface area contributed by atoms with Gasteiger partial charge in [0.2, 0.25) is 0 Å². The minimum absolute atomic E-state index is 0.0126. The zero-order valence-corrected chi connectivity index (χ0v) is 20.2. The summed E-state index contributed by atoms with van der Waals surface area (Å²) < 4.78 is 64.0. The van der Waals surface area contributed by atoms with Crippen LogP contribution in [0.15, 0.2) is 58.0 Å². The second-order valence-corrected chi connectivity index (χ2v) is 11.2. The summed E-state index contributed by atoms with van der Waals surface area (Å²) >= 11 is 3.43. The van der Waals surface area contributed by atoms with Gasteiger partial charge in [0.25, 0.3) is 0 Å². The molecule has 3 heterocycles. The maximum absolute atomic E-state index is 15.2. The molecule has 0 unspecified atom stereocenters. The van der Waals surface area contributed by atoms with Gasteiger partial charge in [-0.05, 0) is 59.0 Å². The van der Waals surface area contributed by atoms with Crippen molar-refractivity contribution in [3.05, 3.63) is 70.3 Å². The van der Waals surface area contributed by atoms with Crippen LogP contribution in [-0.2, 0) is 14.6 Å². The highest BCUT2D eigenvalue weighted by Crippen LogP contribution is 2.43. The predicted octanol–water partition coefficient (Wildman–Crippen LogP) is 5.65. The molecule has 0 spiro atoms. The fourth-order valence-electron chi connectivity index (χ4n) is 4.88. The molecule has 2 aromatic carbocycles. The van der Waals surface area contributed by atoms with Crippen molar-refractivity contribution in [2.45, 2.75) is 23.8 Å². The molecular formula is C24H21BrF2N2O3S. The Morgan fingerprint density at radius 1 is 1.12 bits per heavy atom. The topological polar surface area (TPSA) is 61.2 Å². The van der Waals surface area contributed by atoms with Crippen LogP contribution in [0.4, 0.5) is 8.78 Å². The van der Waals surface area contributed by atoms with Crippen molar-refractivity contribution >= 4 is 47.7 Å². The molecule has 9 heteroatoms. The van der Waals surface area contributed by atoms with Gasteiger partial charge in [-0.2, -0.15) is 0 Å². The molecule has 33 heavy (non-hydrogen) atoms. The molecule has 4 aromatic rings. The lowest BCUT2D eigenvalue weighted by Gasteiger charge is -2.33. The van der Waals surface area contributed by atoms with Gasteiger partial charge < -0.3 is 9.30 Å². The second-order valence-electron chi connectivity index (χ2n) is 8.35. The highest BCUT2D eigenvalue weighted by molar-refractivity contribution is 9.10. The monoisotopic (exact) mass is 534 g/mol. The van der Waals surface area contributed by atoms with Gasteiger partial charge in [0.1, 0.15) is 11.6 Å². The summed E-state index contributed by atoms with van der Waals surface area (Å²) in [4.78, 5) is 4.42. The van der Waals surface area contributed by atoms with Gasteiger partial charge in [-0.1, -0.05) is 18.2 Å². The Balaban J connectivity index is 1.98. The predicted molar refractivity (Wildman–Crippen MR) is 126 cm³/mol. The Morgan fingerprint density at radius 2 is 1.85 bits per heavy atom. The van der Waals surface area contributed by atoms with E-state index in [0.717, 1.165) is 12.3 Å². The standard InChI is InChI=1S/C24H21BrF2N2O3S/c1-33(30,31)20-7-6-18(27)21-22-19(12-15(25)13-28-22)29(24(20)21)23(14-8-10-32-11-9-14)16-4-2-3-5-17(16)26/h2-7,12-14,23H,8-11H2,1H3/t23-/m0/s1. The molecule has 1 saturated heterocycles. The number of ether oxygens (including phenoxy) is 1. The van der Waals surface area contributed by atoms with Crippen molar-refractivity contribution in [2.24, 2.45) is 5.92 Å². The summed E-state index contributed by atoms with van der Waals surface area (Å²) in [5.41, 5.74) is 1.50. The minimum atomic E-state index is -3.73. The number of hydrogen-bond acceptors (Lipinski definition) is 4. The number of aromatic nitrogens is 2. The summed E-state index contributed by atoms with van der Waals surface area (Å²) in [6, 6.07) is 10.1. The van der Waals surface area contributed by atoms with E-state index in [9.17, 15) is 8.42 Å². The Hall–Kier alpha value is -2.36. The average Bonchev–Trinajstić information content (AvgIpc) is 3.10. The van der Waals surface area contributed by atoms with E-state index < -0.39 is 27.5 Å². The average molecular weight is 535 g/mol. The van der Waals surface area contributed by atoms with Crippen molar-refractivity contribution in [1.29, 1.82) is 0 Å². The number of halogens is 3. The van der Waals surface area contributed by atoms with Crippen LogP contribution in [0.1, 0.15) is 24.4 Å². The Bertz CT molecular complexity index is 1480. The van der Waals surface area contributed by atoms with Crippen molar-refractivity contribution in [1.82, 2.24) is 9.55 Å². The molecule has 5 rings (SSSR count). The van der Waals surface area contributed by atoms with Gasteiger partial charge in [0.15, 0.2) is 9.84 Å². The maximum Gasteiger partial charge on any atom is 0.177 e. The molecule has 1 atom stereocenters. The summed E-state index contributed by atoms with van der Waals surface area (Å²) in [5.74, 6) is -1.02. The van der Waals surface area contributed by atoms with Gasteiger partial charge in [-0.25, -0.2) is 17.2 Å². The first-order chi connectivity index (χ1) is 15.8. The lowest BCUT2D eigenvalue weighted by Crippen LogP contribution is -2.28. The normalized spacial score (nSPS) is 16.5. The summed E-state index contributed by atoms with van der Waals surface area (Å²) in [7, 11) is -3.73. The SMILES string of the molecule is CS(=O)(=O)c1ccc(F)c2c3ncc(Br)cc3n([C@H](c3ccccc3F)C3CCOCC3)c12. The molecule has 1 aliphatic heterocycles. The number of nitrogens with zero attached hydrogens (tertiary/aromatic N) is 2. The van der Waals surface area contributed by atoms with E-state index >= 15 is 8.78 Å². The van der Waals surface area contributed by atoms with Crippen molar-refractivity contribution in [2.75, 3.05) is 19.5 Å². The molecule has 1 fully saturated rings. The lowest BCUT2D eigenvalue weighted by molar-refractivity contribution is 0.0548. The molecule has 0 amide bonds. The number of benzene rings is 2. The van der Waals surface area contributed by atoms with Crippen molar-refractivity contribution in [3.63, 3.8) is 0 Å². The third-order valence-electron chi connectivity index (χ3n) is 6.28. The first kappa shape index (κ1) is 22.4. The van der Waals surface area contributed by atoms with E-state index in [0.29, 0.717) is 47.1 Å². The number of pyridine rings is 1. The fraction of sp³-hybridized carbons (Fsp3) is 0.292. The first-order valence-corrected chi connectivity index (χ1v) is 13.3. The van der Waals surface area contributed by atoms with Gasteiger partial charge in [0.05, 0.1) is 32.9 Å². The van der Waals surface area contributed by atoms with E-state index in [2.05, 4.69) is 20.9 Å². The highest BCUT2D eigenvalue weighted by Gasteiger charge is 2.34. The zero-order valence-electron chi connectivity index (χ0n) is 17.8. The van der Waals surface area contributed by atoms with Gasteiger partial charge in [-0.3, -0.25) is 4.98 Å². The number of rotatable bonds is 4.